The summed E-state index contributed by atoms with van der Waals surface area (Å²) in [5, 5.41) is 4.04. The summed E-state index contributed by atoms with van der Waals surface area (Å²) in [6.45, 7) is 0. The molecule has 0 bridgehead atoms. The Kier molecular flexibility index (Phi) is 1.43. The van der Waals surface area contributed by atoms with Crippen LogP contribution < -0.4 is 0 Å². The molecule has 1 aromatic heterocycles. The minimum Gasteiger partial charge on any atom is -0.240 e. The van der Waals surface area contributed by atoms with Crippen LogP contribution in [0.1, 0.15) is 2.74 Å². The second-order valence-corrected chi connectivity index (χ2v) is 3.03. The summed E-state index contributed by atoms with van der Waals surface area (Å²) in [7, 11) is 0. The molecule has 0 atom stereocenters. The Morgan fingerprint density at radius 1 is 1.33 bits per heavy atom. The molecule has 0 saturated carbocycles. The van der Waals surface area contributed by atoms with Gasteiger partial charge in [0.05, 0.1) is 8.43 Å². The van der Waals surface area contributed by atoms with E-state index in [0.717, 1.165) is 5.69 Å². The zero-order chi connectivity index (χ0) is 10.1. The van der Waals surface area contributed by atoms with Crippen LogP contribution in [-0.2, 0) is 0 Å². The van der Waals surface area contributed by atoms with Crippen molar-refractivity contribution in [2.45, 2.75) is 0 Å². The normalized spacial score (nSPS) is 12.4. The molecule has 2 aromatic rings. The van der Waals surface area contributed by atoms with Crippen LogP contribution in [-0.4, -0.2) is 9.78 Å². The van der Waals surface area contributed by atoms with E-state index in [1.165, 1.54) is 4.68 Å². The van der Waals surface area contributed by atoms with Crippen LogP contribution in [0.15, 0.2) is 47.2 Å². The van der Waals surface area contributed by atoms with Crippen LogP contribution in [0.2, 0.25) is 0 Å². The molecule has 0 aliphatic carbocycles. The molecule has 0 aliphatic rings. The number of nitrogens with zero attached hydrogens (tertiary/aromatic N) is 2. The average molecular weight is 225 g/mol. The Labute approximate surface area is 81.8 Å². The van der Waals surface area contributed by atoms with E-state index in [0.29, 0.717) is 4.60 Å². The number of benzene rings is 1. The van der Waals surface area contributed by atoms with Crippen LogP contribution >= 0.6 is 15.9 Å². The zero-order valence-corrected chi connectivity index (χ0v) is 7.75. The molecular weight excluding hydrogens is 216 g/mol. The molecule has 60 valence electrons. The smallest absolute Gasteiger partial charge is 0.128 e. The first-order chi connectivity index (χ1) is 6.70. The predicted octanol–water partition coefficient (Wildman–Crippen LogP) is 2.63. The number of aromatic nitrogens is 2. The van der Waals surface area contributed by atoms with E-state index in [9.17, 15) is 0 Å². The highest BCUT2D eigenvalue weighted by Gasteiger charge is 1.95. The molecule has 1 heterocycles. The maximum atomic E-state index is 7.64. The van der Waals surface area contributed by atoms with Gasteiger partial charge in [-0.15, -0.1) is 0 Å². The lowest BCUT2D eigenvalue weighted by Crippen LogP contribution is -1.92. The molecule has 0 aliphatic heterocycles. The topological polar surface area (TPSA) is 17.8 Å². The number of hydrogen-bond donors (Lipinski definition) is 0. The first-order valence-corrected chi connectivity index (χ1v) is 4.26. The van der Waals surface area contributed by atoms with E-state index in [2.05, 4.69) is 21.0 Å². The molecule has 0 radical (unpaired) electrons. The molecular formula is C9H7BrN2. The summed E-state index contributed by atoms with van der Waals surface area (Å²) in [6, 6.07) is 9.43. The van der Waals surface area contributed by atoms with Gasteiger partial charge in [0.25, 0.3) is 0 Å². The van der Waals surface area contributed by atoms with Gasteiger partial charge in [-0.25, -0.2) is 4.68 Å². The van der Waals surface area contributed by atoms with Crippen LogP contribution in [0.4, 0.5) is 0 Å². The van der Waals surface area contributed by atoms with Gasteiger partial charge in [0.15, 0.2) is 0 Å². The summed E-state index contributed by atoms with van der Waals surface area (Å²) >= 11 is 3.12. The van der Waals surface area contributed by atoms with E-state index in [4.69, 9.17) is 2.74 Å². The molecule has 2 rings (SSSR count). The van der Waals surface area contributed by atoms with Gasteiger partial charge in [-0.3, -0.25) is 0 Å². The summed E-state index contributed by atoms with van der Waals surface area (Å²) in [5.74, 6) is 0. The van der Waals surface area contributed by atoms with Gasteiger partial charge in [-0.1, -0.05) is 18.2 Å². The zero-order valence-electron chi connectivity index (χ0n) is 8.16. The number of hydrogen-bond acceptors (Lipinski definition) is 1. The maximum absolute atomic E-state index is 7.64. The van der Waals surface area contributed by atoms with Crippen molar-refractivity contribution in [1.82, 2.24) is 9.78 Å². The quantitative estimate of drug-likeness (QED) is 0.729. The van der Waals surface area contributed by atoms with Crippen LogP contribution in [0.5, 0.6) is 0 Å². The highest BCUT2D eigenvalue weighted by molar-refractivity contribution is 9.10. The Bertz CT molecular complexity index is 453. The summed E-state index contributed by atoms with van der Waals surface area (Å²) in [6.07, 6.45) is 0.0862. The van der Waals surface area contributed by atoms with Crippen molar-refractivity contribution in [3.8, 4) is 5.69 Å². The van der Waals surface area contributed by atoms with Crippen molar-refractivity contribution in [3.63, 3.8) is 0 Å². The van der Waals surface area contributed by atoms with Crippen molar-refractivity contribution in [1.29, 1.82) is 0 Å². The molecule has 0 unspecified atom stereocenters. The molecule has 0 N–H and O–H groups in total. The van der Waals surface area contributed by atoms with Gasteiger partial charge < -0.3 is 0 Å². The second-order valence-electron chi connectivity index (χ2n) is 2.27. The lowest BCUT2D eigenvalue weighted by Gasteiger charge is -1.98. The third-order valence-corrected chi connectivity index (χ3v) is 1.81. The Morgan fingerprint density at radius 2 is 2.08 bits per heavy atom. The van der Waals surface area contributed by atoms with Gasteiger partial charge in [0, 0.05) is 6.17 Å². The third kappa shape index (κ3) is 1.41. The second kappa shape index (κ2) is 3.11. The van der Waals surface area contributed by atoms with Gasteiger partial charge in [0.2, 0.25) is 0 Å². The number of para-hydroxylation sites is 1. The molecule has 0 saturated heterocycles. The first kappa shape index (κ1) is 5.54. The monoisotopic (exact) mass is 224 g/mol. The van der Waals surface area contributed by atoms with Crippen LogP contribution in [0.3, 0.4) is 0 Å². The van der Waals surface area contributed by atoms with Crippen molar-refractivity contribution >= 4 is 15.9 Å². The lowest BCUT2D eigenvalue weighted by atomic mass is 10.3. The highest BCUT2D eigenvalue weighted by atomic mass is 79.9. The molecule has 2 nitrogen and oxygen atoms in total. The summed E-state index contributed by atoms with van der Waals surface area (Å²) < 4.78 is 17.0. The fourth-order valence-corrected chi connectivity index (χ4v) is 1.18. The van der Waals surface area contributed by atoms with Gasteiger partial charge in [-0.05, 0) is 34.1 Å². The Morgan fingerprint density at radius 3 is 2.67 bits per heavy atom. The molecule has 0 spiro atoms. The van der Waals surface area contributed by atoms with Crippen molar-refractivity contribution in [3.05, 3.63) is 47.2 Å². The van der Waals surface area contributed by atoms with Crippen molar-refractivity contribution in [2.24, 2.45) is 0 Å². The van der Waals surface area contributed by atoms with Crippen LogP contribution in [0.25, 0.3) is 5.69 Å². The molecule has 1 aromatic carbocycles. The minimum absolute atomic E-state index is 0.0862. The van der Waals surface area contributed by atoms with Gasteiger partial charge in [0.1, 0.15) is 4.60 Å². The fourth-order valence-electron chi connectivity index (χ4n) is 0.928. The Hall–Kier alpha value is -1.09. The van der Waals surface area contributed by atoms with Crippen molar-refractivity contribution < 1.29 is 2.74 Å². The van der Waals surface area contributed by atoms with Crippen LogP contribution in [0, 0.1) is 0 Å². The van der Waals surface area contributed by atoms with E-state index in [-0.39, 0.29) is 12.2 Å². The minimum atomic E-state index is 0.0862. The summed E-state index contributed by atoms with van der Waals surface area (Å²) in [4.78, 5) is 0. The standard InChI is InChI=1S/C9H7BrN2/c10-9-6-7-12(11-9)8-4-2-1-3-5-8/h1-7H/i6D,7D. The van der Waals surface area contributed by atoms with E-state index < -0.39 is 0 Å². The lowest BCUT2D eigenvalue weighted by molar-refractivity contribution is 0.870. The third-order valence-electron chi connectivity index (χ3n) is 1.45. The fraction of sp³-hybridized carbons (Fsp3) is 0. The predicted molar refractivity (Wildman–Crippen MR) is 51.3 cm³/mol. The SMILES string of the molecule is [2H]c1c(Br)nn(-c2ccccc2)c1[2H]. The average Bonchev–Trinajstić information content (AvgIpc) is 2.47. The summed E-state index contributed by atoms with van der Waals surface area (Å²) in [5.41, 5.74) is 0.789. The van der Waals surface area contributed by atoms with Crippen molar-refractivity contribution in [2.75, 3.05) is 0 Å². The van der Waals surface area contributed by atoms with E-state index in [1.807, 2.05) is 30.3 Å². The Balaban J connectivity index is 2.58. The first-order valence-electron chi connectivity index (χ1n) is 4.47. The highest BCUT2D eigenvalue weighted by Crippen LogP contribution is 2.09. The molecule has 3 heteroatoms. The van der Waals surface area contributed by atoms with Gasteiger partial charge >= 0.3 is 0 Å². The van der Waals surface area contributed by atoms with E-state index >= 15 is 0 Å². The number of halogens is 1. The van der Waals surface area contributed by atoms with Gasteiger partial charge in [-0.2, -0.15) is 5.10 Å². The number of rotatable bonds is 1. The largest absolute Gasteiger partial charge is 0.240 e. The molecule has 12 heavy (non-hydrogen) atoms. The maximum Gasteiger partial charge on any atom is 0.128 e. The molecule has 0 fully saturated rings. The van der Waals surface area contributed by atoms with E-state index in [1.54, 1.807) is 0 Å². The molecule has 0 amide bonds.